The molecule has 0 aliphatic carbocycles. The van der Waals surface area contributed by atoms with Crippen LogP contribution >= 0.6 is 0 Å². The number of aromatic nitrogens is 2. The summed E-state index contributed by atoms with van der Waals surface area (Å²) in [6.45, 7) is 0.477. The third kappa shape index (κ3) is 7.65. The average molecular weight is 547 g/mol. The molecule has 12 heteroatoms. The Bertz CT molecular complexity index is 1510. The van der Waals surface area contributed by atoms with Crippen molar-refractivity contribution in [1.29, 1.82) is 0 Å². The topological polar surface area (TPSA) is 171 Å². The first-order valence-electron chi connectivity index (χ1n) is 12.3. The van der Waals surface area contributed by atoms with Crippen LogP contribution in [0.4, 0.5) is 20.6 Å². The van der Waals surface area contributed by atoms with E-state index in [9.17, 15) is 18.8 Å². The van der Waals surface area contributed by atoms with Crippen LogP contribution in [-0.4, -0.2) is 39.5 Å². The van der Waals surface area contributed by atoms with Crippen molar-refractivity contribution in [3.63, 3.8) is 0 Å². The van der Waals surface area contributed by atoms with Gasteiger partial charge >= 0.3 is 12.0 Å². The lowest BCUT2D eigenvalue weighted by Crippen LogP contribution is -2.24. The molecule has 2 aromatic carbocycles. The molecule has 0 saturated carbocycles. The Labute approximate surface area is 228 Å². The lowest BCUT2D eigenvalue weighted by molar-refractivity contribution is -0.137. The zero-order valence-electron chi connectivity index (χ0n) is 21.2. The Morgan fingerprint density at radius 2 is 1.80 bits per heavy atom. The van der Waals surface area contributed by atoms with Crippen LogP contribution in [0.15, 0.2) is 73.1 Å². The number of rotatable bonds is 11. The van der Waals surface area contributed by atoms with Crippen LogP contribution in [-0.2, 0) is 11.3 Å². The van der Waals surface area contributed by atoms with Crippen molar-refractivity contribution >= 4 is 29.3 Å². The molecule has 11 nitrogen and oxygen atoms in total. The minimum absolute atomic E-state index is 0.0181. The van der Waals surface area contributed by atoms with Crippen LogP contribution in [0.25, 0.3) is 11.4 Å². The number of amides is 3. The molecule has 4 aromatic rings. The van der Waals surface area contributed by atoms with E-state index < -0.39 is 17.8 Å². The highest BCUT2D eigenvalue weighted by Crippen LogP contribution is 2.27. The van der Waals surface area contributed by atoms with Crippen molar-refractivity contribution in [2.75, 3.05) is 17.2 Å². The lowest BCUT2D eigenvalue weighted by Gasteiger charge is -2.11. The predicted octanol–water partition coefficient (Wildman–Crippen LogP) is 4.71. The van der Waals surface area contributed by atoms with E-state index in [4.69, 9.17) is 15.6 Å². The number of hydrogen-bond acceptors (Lipinski definition) is 6. The fourth-order valence-corrected chi connectivity index (χ4v) is 3.66. The smallest absolute Gasteiger partial charge is 0.323 e. The number of urea groups is 1. The summed E-state index contributed by atoms with van der Waals surface area (Å²) >= 11 is 0. The first kappa shape index (κ1) is 27.8. The number of pyridine rings is 1. The molecule has 40 heavy (non-hydrogen) atoms. The molecular weight excluding hydrogens is 519 g/mol. The number of carboxylic acids is 1. The third-order valence-electron chi connectivity index (χ3n) is 5.67. The molecule has 0 spiro atoms. The van der Waals surface area contributed by atoms with E-state index in [2.05, 4.69) is 25.9 Å². The van der Waals surface area contributed by atoms with Gasteiger partial charge in [0.2, 0.25) is 0 Å². The van der Waals surface area contributed by atoms with E-state index in [0.717, 1.165) is 0 Å². The zero-order chi connectivity index (χ0) is 28.5. The van der Waals surface area contributed by atoms with E-state index in [1.165, 1.54) is 12.1 Å². The number of carboxylic acid groups (broad SMARTS) is 1. The molecule has 3 amide bonds. The monoisotopic (exact) mass is 546 g/mol. The number of halogens is 1. The third-order valence-corrected chi connectivity index (χ3v) is 5.67. The van der Waals surface area contributed by atoms with Gasteiger partial charge in [0, 0.05) is 43.7 Å². The summed E-state index contributed by atoms with van der Waals surface area (Å²) < 4.78 is 19.9. The average Bonchev–Trinajstić information content (AvgIpc) is 3.44. The second kappa shape index (κ2) is 13.0. The van der Waals surface area contributed by atoms with Crippen molar-refractivity contribution < 1.29 is 28.6 Å². The second-order valence-electron chi connectivity index (χ2n) is 8.66. The fraction of sp³-hybridized carbons (Fsp3) is 0.143. The molecule has 0 saturated heterocycles. The summed E-state index contributed by atoms with van der Waals surface area (Å²) in [7, 11) is 0. The van der Waals surface area contributed by atoms with E-state index >= 15 is 0 Å². The number of carbonyl (C=O) groups is 3. The highest BCUT2D eigenvalue weighted by Gasteiger charge is 2.12. The van der Waals surface area contributed by atoms with Gasteiger partial charge in [-0.15, -0.1) is 0 Å². The Morgan fingerprint density at radius 3 is 2.55 bits per heavy atom. The van der Waals surface area contributed by atoms with Crippen molar-refractivity contribution in [1.82, 2.24) is 15.3 Å². The van der Waals surface area contributed by atoms with Gasteiger partial charge in [-0.25, -0.2) is 9.18 Å². The first-order chi connectivity index (χ1) is 19.3. The molecule has 0 radical (unpaired) electrons. The second-order valence-corrected chi connectivity index (χ2v) is 8.66. The number of anilines is 2. The van der Waals surface area contributed by atoms with E-state index in [1.54, 1.807) is 60.9 Å². The Kier molecular flexibility index (Phi) is 9.05. The van der Waals surface area contributed by atoms with Crippen molar-refractivity contribution in [2.24, 2.45) is 5.73 Å². The number of ether oxygens (including phenoxy) is 1. The molecule has 206 valence electrons. The predicted molar refractivity (Wildman–Crippen MR) is 147 cm³/mol. The SMILES string of the molecule is NCc1ccc(F)c(NC(=O)Nc2ccc(Oc3ccnc(-c4cc(C(=O)NCCCC(=O)O)c[nH]4)c3)cc2)c1. The summed E-state index contributed by atoms with van der Waals surface area (Å²) in [5.41, 5.74) is 8.28. The number of nitrogens with two attached hydrogens (primary N) is 1. The molecule has 2 aromatic heterocycles. The molecular formula is C28H27FN6O5. The van der Waals surface area contributed by atoms with E-state index in [1.807, 2.05) is 0 Å². The quantitative estimate of drug-likeness (QED) is 0.148. The van der Waals surface area contributed by atoms with Crippen LogP contribution in [0.2, 0.25) is 0 Å². The largest absolute Gasteiger partial charge is 0.481 e. The zero-order valence-corrected chi connectivity index (χ0v) is 21.2. The number of H-pyrrole nitrogens is 1. The fourth-order valence-electron chi connectivity index (χ4n) is 3.66. The Balaban J connectivity index is 1.33. The number of aliphatic carboxylic acids is 1. The lowest BCUT2D eigenvalue weighted by atomic mass is 10.2. The highest BCUT2D eigenvalue weighted by atomic mass is 19.1. The van der Waals surface area contributed by atoms with Gasteiger partial charge in [0.15, 0.2) is 0 Å². The molecule has 4 rings (SSSR count). The summed E-state index contributed by atoms with van der Waals surface area (Å²) in [5.74, 6) is -0.813. The van der Waals surface area contributed by atoms with Crippen molar-refractivity contribution in [2.45, 2.75) is 19.4 Å². The summed E-state index contributed by atoms with van der Waals surface area (Å²) in [4.78, 5) is 42.5. The van der Waals surface area contributed by atoms with Gasteiger partial charge in [-0.1, -0.05) is 6.07 Å². The summed E-state index contributed by atoms with van der Waals surface area (Å²) in [6.07, 6.45) is 3.43. The van der Waals surface area contributed by atoms with Gasteiger partial charge < -0.3 is 36.5 Å². The van der Waals surface area contributed by atoms with Crippen LogP contribution in [0.5, 0.6) is 11.5 Å². The van der Waals surface area contributed by atoms with Gasteiger partial charge in [0.25, 0.3) is 5.91 Å². The van der Waals surface area contributed by atoms with Crippen LogP contribution in [0, 0.1) is 5.82 Å². The number of nitrogens with one attached hydrogen (secondary N) is 4. The normalized spacial score (nSPS) is 10.6. The maximum atomic E-state index is 14.0. The molecule has 2 heterocycles. The van der Waals surface area contributed by atoms with E-state index in [0.29, 0.717) is 46.1 Å². The standard InChI is InChI=1S/C28H27FN6O5/c29-22-8-3-17(15-30)12-23(22)35-28(39)34-19-4-6-20(7-5-19)40-21-9-11-31-25(14-21)24-13-18(16-33-24)27(38)32-10-1-2-26(36)37/h3-9,11-14,16,33H,1-2,10,15,30H2,(H,32,38)(H,36,37)(H2,34,35,39). The minimum Gasteiger partial charge on any atom is -0.481 e. The molecule has 0 bridgehead atoms. The van der Waals surface area contributed by atoms with Gasteiger partial charge in [0.1, 0.15) is 17.3 Å². The number of nitrogens with zero attached hydrogens (tertiary/aromatic N) is 1. The number of benzene rings is 2. The van der Waals surface area contributed by atoms with E-state index in [-0.39, 0.29) is 31.1 Å². The molecule has 0 fully saturated rings. The minimum atomic E-state index is -0.912. The van der Waals surface area contributed by atoms with Gasteiger partial charge in [0.05, 0.1) is 22.6 Å². The molecule has 0 aliphatic rings. The van der Waals surface area contributed by atoms with Gasteiger partial charge in [-0.05, 0) is 60.5 Å². The summed E-state index contributed by atoms with van der Waals surface area (Å²) in [5, 5.41) is 16.5. The van der Waals surface area contributed by atoms with Crippen LogP contribution in [0.1, 0.15) is 28.8 Å². The van der Waals surface area contributed by atoms with Crippen LogP contribution < -0.4 is 26.4 Å². The number of carbonyl (C=O) groups excluding carboxylic acids is 2. The number of aromatic amines is 1. The Hall–Kier alpha value is -5.23. The maximum absolute atomic E-state index is 14.0. The van der Waals surface area contributed by atoms with Gasteiger partial charge in [-0.3, -0.25) is 14.6 Å². The maximum Gasteiger partial charge on any atom is 0.323 e. The summed E-state index contributed by atoms with van der Waals surface area (Å²) in [6, 6.07) is 15.3. The molecule has 0 unspecified atom stereocenters. The first-order valence-corrected chi connectivity index (χ1v) is 12.3. The molecule has 7 N–H and O–H groups in total. The molecule has 0 aliphatic heterocycles. The van der Waals surface area contributed by atoms with Crippen LogP contribution in [0.3, 0.4) is 0 Å². The highest BCUT2D eigenvalue weighted by molar-refractivity contribution is 6.00. The van der Waals surface area contributed by atoms with Crippen molar-refractivity contribution in [3.8, 4) is 22.9 Å². The molecule has 0 atom stereocenters. The number of hydrogen-bond donors (Lipinski definition) is 6. The van der Waals surface area contributed by atoms with Gasteiger partial charge in [-0.2, -0.15) is 0 Å². The Morgan fingerprint density at radius 1 is 1.00 bits per heavy atom. The van der Waals surface area contributed by atoms with Crippen molar-refractivity contribution in [3.05, 3.63) is 90.0 Å².